The van der Waals surface area contributed by atoms with Gasteiger partial charge in [-0.15, -0.1) is 21.5 Å². The summed E-state index contributed by atoms with van der Waals surface area (Å²) < 4.78 is 5.66. The predicted octanol–water partition coefficient (Wildman–Crippen LogP) is 4.97. The third kappa shape index (κ3) is 3.75. The van der Waals surface area contributed by atoms with Gasteiger partial charge in [-0.3, -0.25) is 4.79 Å². The summed E-state index contributed by atoms with van der Waals surface area (Å²) in [5.41, 5.74) is 6.61. The molecule has 0 N–H and O–H groups in total. The number of benzene rings is 2. The van der Waals surface area contributed by atoms with Gasteiger partial charge in [-0.1, -0.05) is 48.2 Å². The fourth-order valence-electron chi connectivity index (χ4n) is 3.52. The second-order valence-electron chi connectivity index (χ2n) is 6.91. The quantitative estimate of drug-likeness (QED) is 0.286. The van der Waals surface area contributed by atoms with Crippen molar-refractivity contribution in [3.63, 3.8) is 0 Å². The van der Waals surface area contributed by atoms with Crippen LogP contribution in [0.2, 0.25) is 0 Å². The van der Waals surface area contributed by atoms with Gasteiger partial charge in [0.1, 0.15) is 0 Å². The first kappa shape index (κ1) is 18.3. The number of Topliss-reactive ketones (excluding diaryl/α,β-unsaturated/α-hetero) is 1. The molecule has 0 saturated carbocycles. The van der Waals surface area contributed by atoms with Crippen molar-refractivity contribution >= 4 is 28.9 Å². The van der Waals surface area contributed by atoms with Crippen molar-refractivity contribution in [3.05, 3.63) is 81.1 Å². The lowest BCUT2D eigenvalue weighted by Crippen LogP contribution is -2.02. The number of nitrogens with zero attached hydrogens (tertiary/aromatic N) is 3. The molecule has 5 rings (SSSR count). The number of thiazole rings is 1. The Balaban J connectivity index is 1.25. The van der Waals surface area contributed by atoms with E-state index in [4.69, 9.17) is 4.42 Å². The van der Waals surface area contributed by atoms with Gasteiger partial charge in [-0.25, -0.2) is 4.98 Å². The maximum Gasteiger partial charge on any atom is 0.277 e. The number of carbonyl (C=O) groups excluding carboxylic acids is 1. The molecule has 0 aliphatic heterocycles. The van der Waals surface area contributed by atoms with Crippen molar-refractivity contribution in [2.45, 2.75) is 25.0 Å². The van der Waals surface area contributed by atoms with Crippen molar-refractivity contribution in [2.24, 2.45) is 0 Å². The number of fused-ring (bicyclic) bond motifs is 3. The fourth-order valence-corrected chi connectivity index (χ4v) is 4.81. The Morgan fingerprint density at radius 3 is 2.86 bits per heavy atom. The van der Waals surface area contributed by atoms with Gasteiger partial charge in [0.2, 0.25) is 5.89 Å². The molecule has 4 aromatic rings. The minimum atomic E-state index is 0.0528. The van der Waals surface area contributed by atoms with Gasteiger partial charge in [0, 0.05) is 10.9 Å². The molecular weight excluding hydrogens is 402 g/mol. The number of ketones is 1. The van der Waals surface area contributed by atoms with Crippen LogP contribution in [-0.4, -0.2) is 26.7 Å². The standard InChI is InChI=1S/C22H17N3O2S2/c1-13-23-17(11-28-13)10-21-24-25-22(27-21)29-12-20(26)16-7-6-15-8-14-4-2-3-5-18(14)19(15)9-16/h2-7,9,11H,8,10,12H2,1H3. The highest BCUT2D eigenvalue weighted by Gasteiger charge is 2.20. The van der Waals surface area contributed by atoms with Crippen molar-refractivity contribution in [3.8, 4) is 11.1 Å². The zero-order valence-electron chi connectivity index (χ0n) is 15.7. The minimum Gasteiger partial charge on any atom is -0.416 e. The average Bonchev–Trinajstić information content (AvgIpc) is 3.44. The zero-order valence-corrected chi connectivity index (χ0v) is 17.3. The van der Waals surface area contributed by atoms with E-state index in [0.29, 0.717) is 23.1 Å². The van der Waals surface area contributed by atoms with Crippen LogP contribution >= 0.6 is 23.1 Å². The first-order valence-electron chi connectivity index (χ1n) is 9.26. The Kier molecular flexibility index (Phi) is 4.77. The summed E-state index contributed by atoms with van der Waals surface area (Å²) in [5, 5.41) is 11.5. The monoisotopic (exact) mass is 419 g/mol. The van der Waals surface area contributed by atoms with Gasteiger partial charge in [-0.2, -0.15) is 0 Å². The summed E-state index contributed by atoms with van der Waals surface area (Å²) in [4.78, 5) is 17.1. The molecule has 2 aromatic carbocycles. The molecule has 0 fully saturated rings. The molecular formula is C22H17N3O2S2. The Bertz CT molecular complexity index is 1210. The normalized spacial score (nSPS) is 12.0. The Morgan fingerprint density at radius 1 is 1.14 bits per heavy atom. The molecule has 1 aliphatic carbocycles. The van der Waals surface area contributed by atoms with Crippen LogP contribution in [0.3, 0.4) is 0 Å². The van der Waals surface area contributed by atoms with E-state index in [9.17, 15) is 4.79 Å². The molecule has 144 valence electrons. The van der Waals surface area contributed by atoms with E-state index >= 15 is 0 Å². The molecule has 0 amide bonds. The Hall–Kier alpha value is -2.77. The molecule has 1 aliphatic rings. The summed E-state index contributed by atoms with van der Waals surface area (Å²) >= 11 is 2.87. The van der Waals surface area contributed by atoms with Gasteiger partial charge < -0.3 is 4.42 Å². The van der Waals surface area contributed by atoms with Gasteiger partial charge in [-0.05, 0) is 41.7 Å². The lowest BCUT2D eigenvalue weighted by molar-refractivity contribution is 0.102. The number of rotatable bonds is 6. The number of aromatic nitrogens is 3. The smallest absolute Gasteiger partial charge is 0.277 e. The summed E-state index contributed by atoms with van der Waals surface area (Å²) in [6.07, 6.45) is 1.44. The van der Waals surface area contributed by atoms with Crippen molar-refractivity contribution in [1.29, 1.82) is 0 Å². The maximum absolute atomic E-state index is 12.7. The summed E-state index contributed by atoms with van der Waals surface area (Å²) in [6.45, 7) is 1.96. The van der Waals surface area contributed by atoms with Crippen molar-refractivity contribution in [2.75, 3.05) is 5.75 Å². The minimum absolute atomic E-state index is 0.0528. The van der Waals surface area contributed by atoms with E-state index in [2.05, 4.69) is 39.4 Å². The second-order valence-corrected chi connectivity index (χ2v) is 8.90. The van der Waals surface area contributed by atoms with Crippen molar-refractivity contribution in [1.82, 2.24) is 15.2 Å². The van der Waals surface area contributed by atoms with Crippen LogP contribution in [0.4, 0.5) is 0 Å². The van der Waals surface area contributed by atoms with E-state index in [1.54, 1.807) is 11.3 Å². The SMILES string of the molecule is Cc1nc(Cc2nnc(SCC(=O)c3ccc4c(c3)-c3ccccc3C4)o2)cs1. The molecule has 29 heavy (non-hydrogen) atoms. The molecule has 0 unspecified atom stereocenters. The van der Waals surface area contributed by atoms with E-state index in [0.717, 1.165) is 22.7 Å². The second kappa shape index (κ2) is 7.57. The highest BCUT2D eigenvalue weighted by atomic mass is 32.2. The van der Waals surface area contributed by atoms with Gasteiger partial charge >= 0.3 is 0 Å². The molecule has 0 atom stereocenters. The third-order valence-corrected chi connectivity index (χ3v) is 6.54. The summed E-state index contributed by atoms with van der Waals surface area (Å²) in [7, 11) is 0. The summed E-state index contributed by atoms with van der Waals surface area (Å²) in [6, 6.07) is 14.3. The van der Waals surface area contributed by atoms with Crippen LogP contribution in [-0.2, 0) is 12.8 Å². The number of thioether (sulfide) groups is 1. The van der Waals surface area contributed by atoms with E-state index < -0.39 is 0 Å². The van der Waals surface area contributed by atoms with Crippen LogP contribution in [0.1, 0.15) is 38.1 Å². The van der Waals surface area contributed by atoms with Crippen LogP contribution in [0.5, 0.6) is 0 Å². The number of carbonyl (C=O) groups is 1. The lowest BCUT2D eigenvalue weighted by atomic mass is 10.0. The Labute approximate surface area is 176 Å². The van der Waals surface area contributed by atoms with Crippen molar-refractivity contribution < 1.29 is 9.21 Å². The van der Waals surface area contributed by atoms with Gasteiger partial charge in [0.05, 0.1) is 22.9 Å². The molecule has 5 nitrogen and oxygen atoms in total. The molecule has 0 saturated heterocycles. The van der Waals surface area contributed by atoms with Crippen LogP contribution in [0, 0.1) is 6.92 Å². The topological polar surface area (TPSA) is 68.9 Å². The molecule has 2 heterocycles. The average molecular weight is 420 g/mol. The van der Waals surface area contributed by atoms with Crippen LogP contribution in [0.15, 0.2) is 57.5 Å². The highest BCUT2D eigenvalue weighted by molar-refractivity contribution is 7.99. The zero-order chi connectivity index (χ0) is 19.8. The van der Waals surface area contributed by atoms with E-state index in [-0.39, 0.29) is 11.5 Å². The maximum atomic E-state index is 12.7. The first-order chi connectivity index (χ1) is 14.2. The predicted molar refractivity (Wildman–Crippen MR) is 114 cm³/mol. The molecule has 0 bridgehead atoms. The van der Waals surface area contributed by atoms with Crippen LogP contribution in [0.25, 0.3) is 11.1 Å². The third-order valence-electron chi connectivity index (χ3n) is 4.89. The Morgan fingerprint density at radius 2 is 2.00 bits per heavy atom. The van der Waals surface area contributed by atoms with E-state index in [1.165, 1.54) is 28.5 Å². The molecule has 2 aromatic heterocycles. The van der Waals surface area contributed by atoms with E-state index in [1.807, 2.05) is 30.5 Å². The largest absolute Gasteiger partial charge is 0.416 e. The molecule has 0 spiro atoms. The van der Waals surface area contributed by atoms with Crippen LogP contribution < -0.4 is 0 Å². The first-order valence-corrected chi connectivity index (χ1v) is 11.1. The van der Waals surface area contributed by atoms with Gasteiger partial charge in [0.25, 0.3) is 5.22 Å². The molecule has 0 radical (unpaired) electrons. The van der Waals surface area contributed by atoms with Gasteiger partial charge in [0.15, 0.2) is 5.78 Å². The fraction of sp³-hybridized carbons (Fsp3) is 0.182. The lowest BCUT2D eigenvalue weighted by Gasteiger charge is -2.04. The number of hydrogen-bond donors (Lipinski definition) is 0. The highest BCUT2D eigenvalue weighted by Crippen LogP contribution is 2.37. The molecule has 7 heteroatoms. The summed E-state index contributed by atoms with van der Waals surface area (Å²) in [5.74, 6) is 0.828. The number of hydrogen-bond acceptors (Lipinski definition) is 7. The number of aryl methyl sites for hydroxylation is 1.